The van der Waals surface area contributed by atoms with Crippen molar-refractivity contribution in [3.05, 3.63) is 28.8 Å². The van der Waals surface area contributed by atoms with Crippen LogP contribution in [0.25, 0.3) is 0 Å². The number of carboxylic acid groups (broad SMARTS) is 1. The third-order valence-corrected chi connectivity index (χ3v) is 5.10. The van der Waals surface area contributed by atoms with Gasteiger partial charge in [-0.05, 0) is 42.9 Å². The highest BCUT2D eigenvalue weighted by atomic mass is 16.4. The normalized spacial score (nSPS) is 11.0. The molecule has 0 unspecified atom stereocenters. The summed E-state index contributed by atoms with van der Waals surface area (Å²) in [5.74, 6) is -1.06. The van der Waals surface area contributed by atoms with Crippen LogP contribution in [0.1, 0.15) is 112 Å². The van der Waals surface area contributed by atoms with Gasteiger partial charge in [-0.2, -0.15) is 0 Å². The van der Waals surface area contributed by atoms with Crippen molar-refractivity contribution in [2.75, 3.05) is 0 Å². The molecule has 0 spiro atoms. The number of hydrogen-bond donors (Lipinski definition) is 2. The molecule has 0 aromatic heterocycles. The van der Waals surface area contributed by atoms with Crippen LogP contribution in [0.3, 0.4) is 0 Å². The minimum absolute atomic E-state index is 0.0299. The first-order valence-corrected chi connectivity index (χ1v) is 10.7. The van der Waals surface area contributed by atoms with Gasteiger partial charge in [0.25, 0.3) is 0 Å². The number of hydrogen-bond acceptors (Lipinski definition) is 2. The van der Waals surface area contributed by atoms with Crippen LogP contribution in [0.5, 0.6) is 5.75 Å². The summed E-state index contributed by atoms with van der Waals surface area (Å²) in [7, 11) is 0. The number of carbonyl (C=O) groups is 1. The molecule has 0 aliphatic carbocycles. The summed E-state index contributed by atoms with van der Waals surface area (Å²) >= 11 is 0. The van der Waals surface area contributed by atoms with Crippen LogP contribution in [0.4, 0.5) is 0 Å². The van der Waals surface area contributed by atoms with Crippen LogP contribution >= 0.6 is 0 Å². The van der Waals surface area contributed by atoms with Crippen LogP contribution in [-0.4, -0.2) is 16.2 Å². The Hall–Kier alpha value is -1.51. The molecule has 26 heavy (non-hydrogen) atoms. The van der Waals surface area contributed by atoms with Gasteiger partial charge in [-0.1, -0.05) is 84.1 Å². The Morgan fingerprint density at radius 1 is 0.769 bits per heavy atom. The number of benzene rings is 1. The number of aromatic hydroxyl groups is 1. The van der Waals surface area contributed by atoms with Gasteiger partial charge in [-0.25, -0.2) is 4.79 Å². The molecule has 0 atom stereocenters. The maximum atomic E-state index is 11.5. The average Bonchev–Trinajstić information content (AvgIpc) is 2.62. The van der Waals surface area contributed by atoms with Crippen LogP contribution in [0.2, 0.25) is 0 Å². The van der Waals surface area contributed by atoms with Crippen molar-refractivity contribution < 1.29 is 15.0 Å². The fraction of sp³-hybridized carbons (Fsp3) is 0.696. The quantitative estimate of drug-likeness (QED) is 0.334. The standard InChI is InChI=1S/C23H38O3/c1-3-5-7-9-11-13-15-19-17-20(16-14-12-10-8-6-4-2)22(24)21(18-19)23(25)26/h17-18,24H,3-16H2,1-2H3,(H,25,26). The number of phenols is 1. The first-order valence-electron chi connectivity index (χ1n) is 10.7. The highest BCUT2D eigenvalue weighted by Crippen LogP contribution is 2.27. The van der Waals surface area contributed by atoms with E-state index in [-0.39, 0.29) is 11.3 Å². The first-order chi connectivity index (χ1) is 12.6. The fourth-order valence-electron chi connectivity index (χ4n) is 3.46. The summed E-state index contributed by atoms with van der Waals surface area (Å²) in [6.45, 7) is 4.43. The molecule has 0 heterocycles. The van der Waals surface area contributed by atoms with Crippen LogP contribution in [0, 0.1) is 0 Å². The van der Waals surface area contributed by atoms with Crippen molar-refractivity contribution in [3.8, 4) is 5.75 Å². The average molecular weight is 363 g/mol. The molecule has 0 aliphatic rings. The van der Waals surface area contributed by atoms with E-state index in [2.05, 4.69) is 13.8 Å². The largest absolute Gasteiger partial charge is 0.507 e. The van der Waals surface area contributed by atoms with Gasteiger partial charge in [0, 0.05) is 0 Å². The van der Waals surface area contributed by atoms with Gasteiger partial charge in [0.15, 0.2) is 0 Å². The van der Waals surface area contributed by atoms with E-state index in [1.54, 1.807) is 6.07 Å². The van der Waals surface area contributed by atoms with Crippen molar-refractivity contribution in [2.45, 2.75) is 104 Å². The van der Waals surface area contributed by atoms with E-state index in [9.17, 15) is 15.0 Å². The van der Waals surface area contributed by atoms with Gasteiger partial charge in [0.1, 0.15) is 11.3 Å². The Kier molecular flexibility index (Phi) is 11.8. The van der Waals surface area contributed by atoms with Crippen molar-refractivity contribution >= 4 is 5.97 Å². The molecule has 148 valence electrons. The Morgan fingerprint density at radius 2 is 1.27 bits per heavy atom. The number of aromatic carboxylic acids is 1. The Morgan fingerprint density at radius 3 is 1.81 bits per heavy atom. The zero-order valence-corrected chi connectivity index (χ0v) is 16.9. The lowest BCUT2D eigenvalue weighted by Gasteiger charge is -2.11. The van der Waals surface area contributed by atoms with E-state index in [1.165, 1.54) is 57.8 Å². The number of aryl methyl sites for hydroxylation is 2. The smallest absolute Gasteiger partial charge is 0.339 e. The Balaban J connectivity index is 2.58. The minimum atomic E-state index is -1.03. The molecule has 0 saturated heterocycles. The second-order valence-corrected chi connectivity index (χ2v) is 7.49. The fourth-order valence-corrected chi connectivity index (χ4v) is 3.46. The third-order valence-electron chi connectivity index (χ3n) is 5.10. The second-order valence-electron chi connectivity index (χ2n) is 7.49. The molecule has 0 amide bonds. The van der Waals surface area contributed by atoms with E-state index in [0.29, 0.717) is 0 Å². The second kappa shape index (κ2) is 13.7. The van der Waals surface area contributed by atoms with Gasteiger partial charge in [-0.3, -0.25) is 0 Å². The molecule has 0 fully saturated rings. The third kappa shape index (κ3) is 8.73. The molecule has 0 saturated carbocycles. The summed E-state index contributed by atoms with van der Waals surface area (Å²) in [6, 6.07) is 3.69. The number of unbranched alkanes of at least 4 members (excludes halogenated alkanes) is 10. The minimum Gasteiger partial charge on any atom is -0.507 e. The molecule has 0 radical (unpaired) electrons. The molecule has 1 rings (SSSR count). The van der Waals surface area contributed by atoms with Crippen LogP contribution in [-0.2, 0) is 12.8 Å². The molecule has 2 N–H and O–H groups in total. The van der Waals surface area contributed by atoms with Crippen molar-refractivity contribution in [2.24, 2.45) is 0 Å². The summed E-state index contributed by atoms with van der Waals surface area (Å²) in [5, 5.41) is 19.7. The predicted octanol–water partition coefficient (Wildman–Crippen LogP) is 6.90. The molecule has 3 nitrogen and oxygen atoms in total. The van der Waals surface area contributed by atoms with Crippen molar-refractivity contribution in [1.82, 2.24) is 0 Å². The van der Waals surface area contributed by atoms with Crippen molar-refractivity contribution in [1.29, 1.82) is 0 Å². The molecule has 0 aliphatic heterocycles. The summed E-state index contributed by atoms with van der Waals surface area (Å²) in [5.41, 5.74) is 1.92. The van der Waals surface area contributed by atoms with E-state index < -0.39 is 5.97 Å². The molecular weight excluding hydrogens is 324 g/mol. The topological polar surface area (TPSA) is 57.5 Å². The van der Waals surface area contributed by atoms with E-state index in [1.807, 2.05) is 6.07 Å². The lowest BCUT2D eigenvalue weighted by molar-refractivity contribution is 0.0693. The predicted molar refractivity (Wildman–Crippen MR) is 109 cm³/mol. The summed E-state index contributed by atoms with van der Waals surface area (Å²) in [4.78, 5) is 11.5. The summed E-state index contributed by atoms with van der Waals surface area (Å²) < 4.78 is 0. The monoisotopic (exact) mass is 362 g/mol. The molecule has 1 aromatic rings. The lowest BCUT2D eigenvalue weighted by atomic mass is 9.96. The maximum Gasteiger partial charge on any atom is 0.339 e. The molecular formula is C23H38O3. The number of carboxylic acids is 1. The van der Waals surface area contributed by atoms with E-state index >= 15 is 0 Å². The van der Waals surface area contributed by atoms with Crippen molar-refractivity contribution in [3.63, 3.8) is 0 Å². The van der Waals surface area contributed by atoms with Gasteiger partial charge < -0.3 is 10.2 Å². The summed E-state index contributed by atoms with van der Waals surface area (Å²) in [6.07, 6.45) is 16.2. The molecule has 0 bridgehead atoms. The van der Waals surface area contributed by atoms with Gasteiger partial charge in [-0.15, -0.1) is 0 Å². The van der Waals surface area contributed by atoms with E-state index in [0.717, 1.165) is 43.2 Å². The van der Waals surface area contributed by atoms with Gasteiger partial charge in [0.2, 0.25) is 0 Å². The zero-order valence-electron chi connectivity index (χ0n) is 16.9. The van der Waals surface area contributed by atoms with Gasteiger partial charge >= 0.3 is 5.97 Å². The molecule has 3 heteroatoms. The van der Waals surface area contributed by atoms with Crippen LogP contribution in [0.15, 0.2) is 12.1 Å². The van der Waals surface area contributed by atoms with Crippen LogP contribution < -0.4 is 0 Å². The highest BCUT2D eigenvalue weighted by Gasteiger charge is 2.15. The first kappa shape index (κ1) is 22.5. The SMILES string of the molecule is CCCCCCCCc1cc(CCCCCCCC)c(O)c(C(=O)O)c1. The Labute approximate surface area is 159 Å². The molecule has 1 aromatic carbocycles. The lowest BCUT2D eigenvalue weighted by Crippen LogP contribution is -2.02. The zero-order chi connectivity index (χ0) is 19.2. The van der Waals surface area contributed by atoms with Gasteiger partial charge in [0.05, 0.1) is 0 Å². The number of rotatable bonds is 15. The maximum absolute atomic E-state index is 11.5. The highest BCUT2D eigenvalue weighted by molar-refractivity contribution is 5.91. The van der Waals surface area contributed by atoms with E-state index in [4.69, 9.17) is 0 Å². The Bertz CT molecular complexity index is 522.